The standard InChI is InChI=1S/C21H23N7O/c1-15-24-17(12-20(25-15)26-19-7-3-4-10-22-19)18-6-5-11-28(18)21(29)9-8-16-13-23-27(2)14-16/h3-4,7-10,12-14,18H,5-6,11H2,1-2H3,(H,22,24,25,26)/b9-8+/t18-/m1/s1. The Morgan fingerprint density at radius 2 is 2.17 bits per heavy atom. The van der Waals surface area contributed by atoms with Crippen LogP contribution >= 0.6 is 0 Å². The van der Waals surface area contributed by atoms with Gasteiger partial charge in [-0.25, -0.2) is 15.0 Å². The van der Waals surface area contributed by atoms with E-state index in [1.54, 1.807) is 29.2 Å². The van der Waals surface area contributed by atoms with Crippen molar-refractivity contribution in [3.8, 4) is 0 Å². The minimum Gasteiger partial charge on any atom is -0.331 e. The van der Waals surface area contributed by atoms with Crippen LogP contribution < -0.4 is 5.32 Å². The summed E-state index contributed by atoms with van der Waals surface area (Å²) in [7, 11) is 1.85. The van der Waals surface area contributed by atoms with Crippen molar-refractivity contribution in [2.45, 2.75) is 25.8 Å². The maximum Gasteiger partial charge on any atom is 0.247 e. The van der Waals surface area contributed by atoms with Crippen LogP contribution in [0.4, 0.5) is 11.6 Å². The molecule has 0 spiro atoms. The molecule has 1 atom stereocenters. The van der Waals surface area contributed by atoms with Crippen LogP contribution in [0.25, 0.3) is 6.08 Å². The Morgan fingerprint density at radius 3 is 2.93 bits per heavy atom. The molecular weight excluding hydrogens is 366 g/mol. The van der Waals surface area contributed by atoms with Crippen molar-refractivity contribution >= 4 is 23.6 Å². The van der Waals surface area contributed by atoms with Crippen molar-refractivity contribution in [1.82, 2.24) is 29.6 Å². The molecule has 1 N–H and O–H groups in total. The zero-order valence-corrected chi connectivity index (χ0v) is 16.5. The molecular formula is C21H23N7O. The minimum absolute atomic E-state index is 0.0214. The lowest BCUT2D eigenvalue weighted by atomic mass is 10.1. The summed E-state index contributed by atoms with van der Waals surface area (Å²) in [5, 5.41) is 7.33. The molecule has 0 unspecified atom stereocenters. The van der Waals surface area contributed by atoms with E-state index in [1.807, 2.05) is 49.3 Å². The second kappa shape index (κ2) is 8.22. The number of nitrogens with zero attached hydrogens (tertiary/aromatic N) is 6. The summed E-state index contributed by atoms with van der Waals surface area (Å²) in [4.78, 5) is 28.0. The second-order valence-corrected chi connectivity index (χ2v) is 7.04. The lowest BCUT2D eigenvalue weighted by Crippen LogP contribution is -2.29. The average Bonchev–Trinajstić information content (AvgIpc) is 3.35. The van der Waals surface area contributed by atoms with Gasteiger partial charge in [0.2, 0.25) is 5.91 Å². The molecule has 148 valence electrons. The Labute approximate surface area is 169 Å². The number of hydrogen-bond acceptors (Lipinski definition) is 6. The first-order valence-electron chi connectivity index (χ1n) is 9.59. The summed E-state index contributed by atoms with van der Waals surface area (Å²) in [5.74, 6) is 2.03. The van der Waals surface area contributed by atoms with Crippen molar-refractivity contribution in [3.05, 3.63) is 66.0 Å². The van der Waals surface area contributed by atoms with E-state index in [2.05, 4.69) is 25.4 Å². The fraction of sp³-hybridized carbons (Fsp3) is 0.286. The Bertz CT molecular complexity index is 1030. The first kappa shape index (κ1) is 18.8. The maximum absolute atomic E-state index is 12.8. The van der Waals surface area contributed by atoms with E-state index in [0.717, 1.165) is 29.9 Å². The molecule has 1 saturated heterocycles. The van der Waals surface area contributed by atoms with Crippen LogP contribution in [0.2, 0.25) is 0 Å². The normalized spacial score (nSPS) is 16.5. The van der Waals surface area contributed by atoms with E-state index >= 15 is 0 Å². The summed E-state index contributed by atoms with van der Waals surface area (Å²) in [6, 6.07) is 7.50. The predicted molar refractivity (Wildman–Crippen MR) is 110 cm³/mol. The minimum atomic E-state index is -0.0629. The van der Waals surface area contributed by atoms with Gasteiger partial charge in [0.05, 0.1) is 17.9 Å². The molecule has 0 saturated carbocycles. The van der Waals surface area contributed by atoms with Crippen LogP contribution in [0, 0.1) is 6.92 Å². The molecule has 1 amide bonds. The van der Waals surface area contributed by atoms with Gasteiger partial charge in [0, 0.05) is 43.7 Å². The van der Waals surface area contributed by atoms with Crippen LogP contribution in [0.5, 0.6) is 0 Å². The van der Waals surface area contributed by atoms with Crippen LogP contribution in [-0.4, -0.2) is 42.1 Å². The van der Waals surface area contributed by atoms with Crippen molar-refractivity contribution < 1.29 is 4.79 Å². The van der Waals surface area contributed by atoms with E-state index < -0.39 is 0 Å². The highest BCUT2D eigenvalue weighted by Crippen LogP contribution is 2.32. The molecule has 8 heteroatoms. The Morgan fingerprint density at radius 1 is 1.28 bits per heavy atom. The fourth-order valence-corrected chi connectivity index (χ4v) is 3.52. The third kappa shape index (κ3) is 4.48. The van der Waals surface area contributed by atoms with Gasteiger partial charge in [-0.1, -0.05) is 6.07 Å². The Kier molecular flexibility index (Phi) is 5.33. The summed E-state index contributed by atoms with van der Waals surface area (Å²) in [5.41, 5.74) is 1.74. The summed E-state index contributed by atoms with van der Waals surface area (Å²) in [6.45, 7) is 2.57. The fourth-order valence-electron chi connectivity index (χ4n) is 3.52. The second-order valence-electron chi connectivity index (χ2n) is 7.04. The van der Waals surface area contributed by atoms with Crippen molar-refractivity contribution in [2.75, 3.05) is 11.9 Å². The van der Waals surface area contributed by atoms with Gasteiger partial charge >= 0.3 is 0 Å². The zero-order chi connectivity index (χ0) is 20.2. The Hall–Kier alpha value is -3.55. The zero-order valence-electron chi connectivity index (χ0n) is 16.5. The van der Waals surface area contributed by atoms with Gasteiger partial charge in [-0.3, -0.25) is 9.48 Å². The average molecular weight is 389 g/mol. The highest BCUT2D eigenvalue weighted by Gasteiger charge is 2.30. The number of hydrogen-bond donors (Lipinski definition) is 1. The van der Waals surface area contributed by atoms with Crippen LogP contribution in [0.1, 0.15) is 36.0 Å². The molecule has 3 aromatic heterocycles. The molecule has 4 heterocycles. The lowest BCUT2D eigenvalue weighted by Gasteiger charge is -2.23. The number of anilines is 2. The highest BCUT2D eigenvalue weighted by molar-refractivity contribution is 5.92. The molecule has 3 aromatic rings. The number of aromatic nitrogens is 5. The first-order valence-corrected chi connectivity index (χ1v) is 9.59. The molecule has 8 nitrogen and oxygen atoms in total. The van der Waals surface area contributed by atoms with Gasteiger partial charge in [0.1, 0.15) is 17.5 Å². The quantitative estimate of drug-likeness (QED) is 0.675. The monoisotopic (exact) mass is 389 g/mol. The number of pyridine rings is 1. The van der Waals surface area contributed by atoms with Gasteiger partial charge in [-0.15, -0.1) is 0 Å². The van der Waals surface area contributed by atoms with Crippen molar-refractivity contribution in [3.63, 3.8) is 0 Å². The van der Waals surface area contributed by atoms with E-state index in [1.165, 1.54) is 0 Å². The molecule has 0 radical (unpaired) electrons. The Balaban J connectivity index is 1.53. The summed E-state index contributed by atoms with van der Waals surface area (Å²) in [6.07, 6.45) is 10.6. The SMILES string of the molecule is Cc1nc(Nc2ccccn2)cc([C@H]2CCCN2C(=O)/C=C/c2cnn(C)c2)n1. The molecule has 29 heavy (non-hydrogen) atoms. The van der Waals surface area contributed by atoms with Crippen LogP contribution in [-0.2, 0) is 11.8 Å². The van der Waals surface area contributed by atoms with Crippen molar-refractivity contribution in [1.29, 1.82) is 0 Å². The third-order valence-electron chi connectivity index (χ3n) is 4.80. The number of carbonyl (C=O) groups is 1. The molecule has 1 fully saturated rings. The van der Waals surface area contributed by atoms with E-state index in [0.29, 0.717) is 18.2 Å². The van der Waals surface area contributed by atoms with Crippen molar-refractivity contribution in [2.24, 2.45) is 7.05 Å². The molecule has 0 aliphatic carbocycles. The smallest absolute Gasteiger partial charge is 0.247 e. The van der Waals surface area contributed by atoms with Gasteiger partial charge in [-0.05, 0) is 38.0 Å². The number of rotatable bonds is 5. The maximum atomic E-state index is 12.8. The van der Waals surface area contributed by atoms with E-state index in [4.69, 9.17) is 0 Å². The topological polar surface area (TPSA) is 88.8 Å². The molecule has 1 aliphatic rings. The highest BCUT2D eigenvalue weighted by atomic mass is 16.2. The molecule has 0 aromatic carbocycles. The van der Waals surface area contributed by atoms with Crippen LogP contribution in [0.15, 0.2) is 48.9 Å². The number of amides is 1. The number of nitrogens with one attached hydrogen (secondary N) is 1. The predicted octanol–water partition coefficient (Wildman–Crippen LogP) is 3.03. The largest absolute Gasteiger partial charge is 0.331 e. The summed E-state index contributed by atoms with van der Waals surface area (Å²) < 4.78 is 1.71. The molecule has 1 aliphatic heterocycles. The van der Waals surface area contributed by atoms with Gasteiger partial charge < -0.3 is 10.2 Å². The van der Waals surface area contributed by atoms with Gasteiger partial charge in [0.25, 0.3) is 0 Å². The van der Waals surface area contributed by atoms with Crippen LogP contribution in [0.3, 0.4) is 0 Å². The summed E-state index contributed by atoms with van der Waals surface area (Å²) >= 11 is 0. The molecule has 0 bridgehead atoms. The van der Waals surface area contributed by atoms with Gasteiger partial charge in [-0.2, -0.15) is 5.10 Å². The number of aryl methyl sites for hydroxylation is 2. The lowest BCUT2D eigenvalue weighted by molar-refractivity contribution is -0.126. The van der Waals surface area contributed by atoms with Gasteiger partial charge in [0.15, 0.2) is 0 Å². The molecule has 4 rings (SSSR count). The first-order chi connectivity index (χ1) is 14.1. The van der Waals surface area contributed by atoms with E-state index in [-0.39, 0.29) is 11.9 Å². The number of carbonyl (C=O) groups excluding carboxylic acids is 1. The van der Waals surface area contributed by atoms with E-state index in [9.17, 15) is 4.79 Å². The third-order valence-corrected chi connectivity index (χ3v) is 4.80. The number of likely N-dealkylation sites (tertiary alicyclic amines) is 1.